The van der Waals surface area contributed by atoms with Crippen LogP contribution in [0.2, 0.25) is 5.02 Å². The lowest BCUT2D eigenvalue weighted by Gasteiger charge is -2.17. The normalized spacial score (nSPS) is 12.6. The molecule has 0 aliphatic heterocycles. The van der Waals surface area contributed by atoms with Gasteiger partial charge in [0.05, 0.1) is 11.3 Å². The van der Waals surface area contributed by atoms with E-state index in [4.69, 9.17) is 16.0 Å². The van der Waals surface area contributed by atoms with Gasteiger partial charge in [-0.2, -0.15) is 0 Å². The number of nitrogens with one attached hydrogen (secondary N) is 1. The summed E-state index contributed by atoms with van der Waals surface area (Å²) in [6.07, 6.45) is 2.52. The first-order chi connectivity index (χ1) is 8.70. The van der Waals surface area contributed by atoms with Gasteiger partial charge in [0.1, 0.15) is 5.76 Å². The zero-order valence-electron chi connectivity index (χ0n) is 10.1. The molecule has 1 atom stereocenters. The van der Waals surface area contributed by atoms with Crippen LogP contribution in [0, 0.1) is 0 Å². The van der Waals surface area contributed by atoms with E-state index in [1.807, 2.05) is 24.3 Å². The molecule has 0 amide bonds. The molecule has 0 saturated heterocycles. The van der Waals surface area contributed by atoms with Crippen molar-refractivity contribution in [3.8, 4) is 0 Å². The zero-order chi connectivity index (χ0) is 13.0. The van der Waals surface area contributed by atoms with E-state index in [0.29, 0.717) is 0 Å². The summed E-state index contributed by atoms with van der Waals surface area (Å²) in [5, 5.41) is 4.18. The van der Waals surface area contributed by atoms with Crippen molar-refractivity contribution < 1.29 is 4.42 Å². The second-order valence-corrected chi connectivity index (χ2v) is 5.33. The molecule has 0 aliphatic carbocycles. The molecule has 1 heterocycles. The minimum Gasteiger partial charge on any atom is -0.469 e. The molecule has 2 aromatic rings. The summed E-state index contributed by atoms with van der Waals surface area (Å²) in [6, 6.07) is 10.2. The summed E-state index contributed by atoms with van der Waals surface area (Å²) < 4.78 is 6.32. The van der Waals surface area contributed by atoms with E-state index in [0.717, 1.165) is 28.2 Å². The minimum absolute atomic E-state index is 0.215. The van der Waals surface area contributed by atoms with Gasteiger partial charge in [-0.15, -0.1) is 0 Å². The van der Waals surface area contributed by atoms with Gasteiger partial charge < -0.3 is 9.73 Å². The largest absolute Gasteiger partial charge is 0.469 e. The highest BCUT2D eigenvalue weighted by molar-refractivity contribution is 9.10. The molecule has 0 saturated carbocycles. The standard InChI is InChI=1S/C14H15BrClNO/c1-2-17-14(9-11-4-3-7-18-11)10-5-6-12(15)13(16)8-10/h3-8,14,17H,2,9H2,1H3. The van der Waals surface area contributed by atoms with Crippen molar-refractivity contribution in [2.45, 2.75) is 19.4 Å². The summed E-state index contributed by atoms with van der Waals surface area (Å²) in [5.41, 5.74) is 1.17. The molecule has 0 aliphatic rings. The lowest BCUT2D eigenvalue weighted by Crippen LogP contribution is -2.22. The van der Waals surface area contributed by atoms with Gasteiger partial charge in [0, 0.05) is 16.9 Å². The fourth-order valence-corrected chi connectivity index (χ4v) is 2.35. The minimum atomic E-state index is 0.215. The van der Waals surface area contributed by atoms with Crippen molar-refractivity contribution in [2.75, 3.05) is 6.54 Å². The second kappa shape index (κ2) is 6.41. The Morgan fingerprint density at radius 2 is 2.22 bits per heavy atom. The third-order valence-electron chi connectivity index (χ3n) is 2.78. The Balaban J connectivity index is 2.20. The molecule has 18 heavy (non-hydrogen) atoms. The van der Waals surface area contributed by atoms with E-state index < -0.39 is 0 Å². The molecule has 1 N–H and O–H groups in total. The fourth-order valence-electron chi connectivity index (χ4n) is 1.91. The molecule has 1 unspecified atom stereocenters. The molecule has 2 nitrogen and oxygen atoms in total. The average Bonchev–Trinajstić information content (AvgIpc) is 2.85. The van der Waals surface area contributed by atoms with Gasteiger partial charge >= 0.3 is 0 Å². The molecule has 1 aromatic heterocycles. The van der Waals surface area contributed by atoms with Crippen LogP contribution in [-0.4, -0.2) is 6.54 Å². The summed E-state index contributed by atoms with van der Waals surface area (Å²) in [5.74, 6) is 0.972. The van der Waals surface area contributed by atoms with E-state index in [9.17, 15) is 0 Å². The number of rotatable bonds is 5. The Labute approximate surface area is 120 Å². The Kier molecular flexibility index (Phi) is 4.87. The lowest BCUT2D eigenvalue weighted by molar-refractivity contribution is 0.455. The average molecular weight is 329 g/mol. The van der Waals surface area contributed by atoms with E-state index in [-0.39, 0.29) is 6.04 Å². The van der Waals surface area contributed by atoms with Gasteiger partial charge in [-0.05, 0) is 52.3 Å². The van der Waals surface area contributed by atoms with E-state index in [1.165, 1.54) is 5.56 Å². The Bertz CT molecular complexity index is 499. The highest BCUT2D eigenvalue weighted by Gasteiger charge is 2.13. The van der Waals surface area contributed by atoms with Crippen LogP contribution >= 0.6 is 27.5 Å². The van der Waals surface area contributed by atoms with Crippen molar-refractivity contribution in [1.82, 2.24) is 5.32 Å². The predicted octanol–water partition coefficient (Wildman–Crippen LogP) is 4.59. The molecule has 0 bridgehead atoms. The van der Waals surface area contributed by atoms with Gasteiger partial charge in [0.2, 0.25) is 0 Å². The van der Waals surface area contributed by atoms with Crippen LogP contribution in [0.4, 0.5) is 0 Å². The monoisotopic (exact) mass is 327 g/mol. The maximum absolute atomic E-state index is 6.14. The van der Waals surface area contributed by atoms with Gasteiger partial charge in [-0.1, -0.05) is 24.6 Å². The Morgan fingerprint density at radius 3 is 2.83 bits per heavy atom. The predicted molar refractivity (Wildman–Crippen MR) is 78.0 cm³/mol. The highest BCUT2D eigenvalue weighted by atomic mass is 79.9. The summed E-state index contributed by atoms with van der Waals surface area (Å²) in [6.45, 7) is 2.99. The third-order valence-corrected chi connectivity index (χ3v) is 4.01. The molecular weight excluding hydrogens is 314 g/mol. The van der Waals surface area contributed by atoms with E-state index in [2.05, 4.69) is 34.2 Å². The van der Waals surface area contributed by atoms with Gasteiger partial charge in [0.15, 0.2) is 0 Å². The molecule has 96 valence electrons. The lowest BCUT2D eigenvalue weighted by atomic mass is 10.0. The summed E-state index contributed by atoms with van der Waals surface area (Å²) in [4.78, 5) is 0. The molecule has 2 rings (SSSR count). The van der Waals surface area contributed by atoms with Crippen LogP contribution in [0.5, 0.6) is 0 Å². The van der Waals surface area contributed by atoms with Crippen molar-refractivity contribution in [2.24, 2.45) is 0 Å². The van der Waals surface area contributed by atoms with Crippen LogP contribution in [0.3, 0.4) is 0 Å². The molecule has 4 heteroatoms. The van der Waals surface area contributed by atoms with Crippen LogP contribution in [0.15, 0.2) is 45.5 Å². The maximum Gasteiger partial charge on any atom is 0.105 e. The van der Waals surface area contributed by atoms with Gasteiger partial charge in [-0.3, -0.25) is 0 Å². The van der Waals surface area contributed by atoms with Crippen molar-refractivity contribution in [3.63, 3.8) is 0 Å². The molecule has 1 aromatic carbocycles. The maximum atomic E-state index is 6.14. The molecular formula is C14H15BrClNO. The zero-order valence-corrected chi connectivity index (χ0v) is 12.5. The van der Waals surface area contributed by atoms with Crippen molar-refractivity contribution >= 4 is 27.5 Å². The van der Waals surface area contributed by atoms with E-state index >= 15 is 0 Å². The number of benzene rings is 1. The van der Waals surface area contributed by atoms with Gasteiger partial charge in [0.25, 0.3) is 0 Å². The number of hydrogen-bond donors (Lipinski definition) is 1. The smallest absolute Gasteiger partial charge is 0.105 e. The first-order valence-electron chi connectivity index (χ1n) is 5.91. The van der Waals surface area contributed by atoms with Crippen LogP contribution in [0.25, 0.3) is 0 Å². The third kappa shape index (κ3) is 3.37. The summed E-state index contributed by atoms with van der Waals surface area (Å²) >= 11 is 9.55. The van der Waals surface area contributed by atoms with Crippen LogP contribution in [-0.2, 0) is 6.42 Å². The topological polar surface area (TPSA) is 25.2 Å². The van der Waals surface area contributed by atoms with Crippen molar-refractivity contribution in [3.05, 3.63) is 57.4 Å². The Morgan fingerprint density at radius 1 is 1.39 bits per heavy atom. The van der Waals surface area contributed by atoms with Crippen LogP contribution < -0.4 is 5.32 Å². The summed E-state index contributed by atoms with van der Waals surface area (Å²) in [7, 11) is 0. The quantitative estimate of drug-likeness (QED) is 0.868. The second-order valence-electron chi connectivity index (χ2n) is 4.07. The first-order valence-corrected chi connectivity index (χ1v) is 7.08. The fraction of sp³-hybridized carbons (Fsp3) is 0.286. The van der Waals surface area contributed by atoms with Crippen LogP contribution in [0.1, 0.15) is 24.3 Å². The first kappa shape index (κ1) is 13.7. The van der Waals surface area contributed by atoms with Crippen molar-refractivity contribution in [1.29, 1.82) is 0 Å². The molecule has 0 radical (unpaired) electrons. The number of likely N-dealkylation sites (N-methyl/N-ethyl adjacent to an activating group) is 1. The Hall–Kier alpha value is -0.770. The SMILES string of the molecule is CCNC(Cc1ccco1)c1ccc(Br)c(Cl)c1. The highest BCUT2D eigenvalue weighted by Crippen LogP contribution is 2.27. The number of halogens is 2. The molecule has 0 fully saturated rings. The number of hydrogen-bond acceptors (Lipinski definition) is 2. The van der Waals surface area contributed by atoms with Gasteiger partial charge in [-0.25, -0.2) is 0 Å². The number of furan rings is 1. The molecule has 0 spiro atoms. The van der Waals surface area contributed by atoms with E-state index in [1.54, 1.807) is 6.26 Å².